The van der Waals surface area contributed by atoms with Crippen LogP contribution >= 0.6 is 11.3 Å². The van der Waals surface area contributed by atoms with E-state index in [-0.39, 0.29) is 0 Å². The molecule has 0 amide bonds. The zero-order valence-corrected chi connectivity index (χ0v) is 12.0. The van der Waals surface area contributed by atoms with Gasteiger partial charge in [0.05, 0.1) is 0 Å². The minimum atomic E-state index is 0.435. The molecule has 0 aromatic carbocycles. The van der Waals surface area contributed by atoms with Crippen LogP contribution in [0, 0.1) is 0 Å². The summed E-state index contributed by atoms with van der Waals surface area (Å²) in [5.41, 5.74) is 1.93. The third-order valence-corrected chi connectivity index (χ3v) is 5.21. The van der Waals surface area contributed by atoms with E-state index < -0.39 is 0 Å². The van der Waals surface area contributed by atoms with Gasteiger partial charge in [-0.1, -0.05) is 19.3 Å². The molecule has 18 heavy (non-hydrogen) atoms. The molecule has 1 aliphatic carbocycles. The van der Waals surface area contributed by atoms with E-state index in [0.29, 0.717) is 5.54 Å². The number of nitrogens with one attached hydrogen (secondary N) is 1. The fraction of sp³-hybridized carbons (Fsp3) is 0.733. The quantitative estimate of drug-likeness (QED) is 0.882. The van der Waals surface area contributed by atoms with E-state index >= 15 is 0 Å². The Labute approximate surface area is 114 Å². The summed E-state index contributed by atoms with van der Waals surface area (Å²) in [7, 11) is 0. The van der Waals surface area contributed by atoms with Crippen molar-refractivity contribution >= 4 is 11.3 Å². The average Bonchev–Trinajstić information content (AvgIpc) is 2.81. The lowest BCUT2D eigenvalue weighted by molar-refractivity contribution is 0.159. The van der Waals surface area contributed by atoms with Gasteiger partial charge in [-0.15, -0.1) is 0 Å². The maximum absolute atomic E-state index is 3.87. The average molecular weight is 264 g/mol. The van der Waals surface area contributed by atoms with E-state index in [4.69, 9.17) is 0 Å². The second-order valence-corrected chi connectivity index (χ2v) is 6.74. The Bertz CT molecular complexity index is 355. The van der Waals surface area contributed by atoms with Crippen molar-refractivity contribution in [3.63, 3.8) is 0 Å². The van der Waals surface area contributed by atoms with Gasteiger partial charge in [-0.2, -0.15) is 11.3 Å². The fourth-order valence-corrected chi connectivity index (χ4v) is 4.22. The first-order chi connectivity index (χ1) is 8.86. The molecular formula is C15H24N2S. The summed E-state index contributed by atoms with van der Waals surface area (Å²) in [5, 5.41) is 8.36. The smallest absolute Gasteiger partial charge is 0.0308 e. The Hall–Kier alpha value is -0.380. The minimum Gasteiger partial charge on any atom is -0.310 e. The molecule has 0 radical (unpaired) electrons. The topological polar surface area (TPSA) is 15.3 Å². The second kappa shape index (κ2) is 5.72. The Balaban J connectivity index is 1.66. The van der Waals surface area contributed by atoms with Crippen LogP contribution in [0.4, 0.5) is 0 Å². The van der Waals surface area contributed by atoms with Crippen LogP contribution in [0.2, 0.25) is 0 Å². The summed E-state index contributed by atoms with van der Waals surface area (Å²) in [4.78, 5) is 2.67. The Morgan fingerprint density at radius 3 is 2.89 bits per heavy atom. The Kier molecular flexibility index (Phi) is 4.02. The Morgan fingerprint density at radius 2 is 2.11 bits per heavy atom. The van der Waals surface area contributed by atoms with Crippen LogP contribution < -0.4 is 5.32 Å². The van der Waals surface area contributed by atoms with Gasteiger partial charge in [0.25, 0.3) is 0 Å². The summed E-state index contributed by atoms with van der Waals surface area (Å²) in [6.07, 6.45) is 8.33. The second-order valence-electron chi connectivity index (χ2n) is 5.96. The van der Waals surface area contributed by atoms with Crippen molar-refractivity contribution in [1.29, 1.82) is 0 Å². The van der Waals surface area contributed by atoms with Gasteiger partial charge < -0.3 is 5.32 Å². The molecule has 1 saturated carbocycles. The van der Waals surface area contributed by atoms with Gasteiger partial charge in [0.2, 0.25) is 0 Å². The predicted octanol–water partition coefficient (Wildman–Crippen LogP) is 3.25. The van der Waals surface area contributed by atoms with E-state index in [2.05, 4.69) is 27.0 Å². The van der Waals surface area contributed by atoms with Gasteiger partial charge in [0, 0.05) is 18.6 Å². The van der Waals surface area contributed by atoms with Crippen LogP contribution in [-0.2, 0) is 6.54 Å². The molecular weight excluding hydrogens is 240 g/mol. The molecule has 2 aliphatic rings. The third kappa shape index (κ3) is 2.95. The largest absolute Gasteiger partial charge is 0.310 e. The predicted molar refractivity (Wildman–Crippen MR) is 78.0 cm³/mol. The van der Waals surface area contributed by atoms with Gasteiger partial charge in [-0.3, -0.25) is 4.90 Å². The molecule has 2 heterocycles. The fourth-order valence-electron chi connectivity index (χ4n) is 3.56. The lowest BCUT2D eigenvalue weighted by Gasteiger charge is -2.40. The maximum atomic E-state index is 3.87. The SMILES string of the molecule is c1cc(CN2CCCNC3(CCCCC3)C2)cs1. The summed E-state index contributed by atoms with van der Waals surface area (Å²) < 4.78 is 0. The van der Waals surface area contributed by atoms with E-state index in [1.165, 1.54) is 63.7 Å². The monoisotopic (exact) mass is 264 g/mol. The Morgan fingerprint density at radius 1 is 1.22 bits per heavy atom. The van der Waals surface area contributed by atoms with Crippen LogP contribution in [0.3, 0.4) is 0 Å². The molecule has 1 N–H and O–H groups in total. The van der Waals surface area contributed by atoms with Crippen molar-refractivity contribution in [3.05, 3.63) is 22.4 Å². The molecule has 1 aliphatic heterocycles. The maximum Gasteiger partial charge on any atom is 0.0308 e. The molecule has 3 rings (SSSR count). The summed E-state index contributed by atoms with van der Waals surface area (Å²) >= 11 is 1.82. The highest BCUT2D eigenvalue weighted by Gasteiger charge is 2.34. The molecule has 0 bridgehead atoms. The van der Waals surface area contributed by atoms with Gasteiger partial charge in [-0.05, 0) is 54.7 Å². The molecule has 1 aromatic heterocycles. The van der Waals surface area contributed by atoms with Crippen molar-refractivity contribution in [2.24, 2.45) is 0 Å². The molecule has 1 spiro atoms. The first-order valence-electron chi connectivity index (χ1n) is 7.35. The minimum absolute atomic E-state index is 0.435. The highest BCUT2D eigenvalue weighted by atomic mass is 32.1. The van der Waals surface area contributed by atoms with Crippen LogP contribution in [0.1, 0.15) is 44.1 Å². The molecule has 3 heteroatoms. The zero-order chi connectivity index (χ0) is 12.3. The van der Waals surface area contributed by atoms with Crippen LogP contribution in [0.5, 0.6) is 0 Å². The van der Waals surface area contributed by atoms with Gasteiger partial charge in [0.1, 0.15) is 0 Å². The summed E-state index contributed by atoms with van der Waals surface area (Å²) in [6, 6.07) is 2.27. The van der Waals surface area contributed by atoms with Gasteiger partial charge >= 0.3 is 0 Å². The van der Waals surface area contributed by atoms with Gasteiger partial charge in [-0.25, -0.2) is 0 Å². The highest BCUT2D eigenvalue weighted by molar-refractivity contribution is 7.07. The number of hydrogen-bond acceptors (Lipinski definition) is 3. The molecule has 100 valence electrons. The number of thiophene rings is 1. The van der Waals surface area contributed by atoms with Crippen molar-refractivity contribution in [3.8, 4) is 0 Å². The van der Waals surface area contributed by atoms with Crippen LogP contribution in [-0.4, -0.2) is 30.1 Å². The van der Waals surface area contributed by atoms with E-state index in [0.717, 1.165) is 6.54 Å². The molecule has 1 saturated heterocycles. The summed E-state index contributed by atoms with van der Waals surface area (Å²) in [5.74, 6) is 0. The molecule has 1 aromatic rings. The molecule has 0 atom stereocenters. The number of rotatable bonds is 2. The first kappa shape index (κ1) is 12.6. The van der Waals surface area contributed by atoms with Crippen molar-refractivity contribution in [2.75, 3.05) is 19.6 Å². The van der Waals surface area contributed by atoms with E-state index in [1.807, 2.05) is 11.3 Å². The highest BCUT2D eigenvalue weighted by Crippen LogP contribution is 2.30. The van der Waals surface area contributed by atoms with Gasteiger partial charge in [0.15, 0.2) is 0 Å². The van der Waals surface area contributed by atoms with Crippen molar-refractivity contribution in [1.82, 2.24) is 10.2 Å². The summed E-state index contributed by atoms with van der Waals surface area (Å²) in [6.45, 7) is 4.86. The van der Waals surface area contributed by atoms with Crippen LogP contribution in [0.15, 0.2) is 16.8 Å². The lowest BCUT2D eigenvalue weighted by atomic mass is 9.81. The van der Waals surface area contributed by atoms with Crippen molar-refractivity contribution < 1.29 is 0 Å². The molecule has 2 fully saturated rings. The van der Waals surface area contributed by atoms with E-state index in [1.54, 1.807) is 0 Å². The number of nitrogens with zero attached hydrogens (tertiary/aromatic N) is 1. The molecule has 2 nitrogen and oxygen atoms in total. The van der Waals surface area contributed by atoms with Crippen molar-refractivity contribution in [2.45, 2.75) is 50.6 Å². The number of hydrogen-bond donors (Lipinski definition) is 1. The molecule has 0 unspecified atom stereocenters. The first-order valence-corrected chi connectivity index (χ1v) is 8.29. The normalized spacial score (nSPS) is 25.1. The van der Waals surface area contributed by atoms with E-state index in [9.17, 15) is 0 Å². The van der Waals surface area contributed by atoms with Crippen LogP contribution in [0.25, 0.3) is 0 Å². The third-order valence-electron chi connectivity index (χ3n) is 4.47. The standard InChI is InChI=1S/C15H24N2S/c1-2-6-15(7-3-1)13-17(9-4-8-16-15)11-14-5-10-18-12-14/h5,10,12,16H,1-4,6-9,11,13H2. The lowest BCUT2D eigenvalue weighted by Crippen LogP contribution is -2.52. The zero-order valence-electron chi connectivity index (χ0n) is 11.2.